The van der Waals surface area contributed by atoms with E-state index in [4.69, 9.17) is 23.3 Å². The Morgan fingerprint density at radius 1 is 0.807 bits per heavy atom. The van der Waals surface area contributed by atoms with Crippen molar-refractivity contribution in [2.75, 3.05) is 54.1 Å². The van der Waals surface area contributed by atoms with E-state index in [0.717, 1.165) is 38.5 Å². The summed E-state index contributed by atoms with van der Waals surface area (Å²) in [5.41, 5.74) is 0. The molecule has 0 aromatic rings. The molecule has 0 aromatic carbocycles. The molecule has 1 rings (SSSR count). The lowest BCUT2D eigenvalue weighted by atomic mass is 9.87. The Balaban J connectivity index is 2.49. The van der Waals surface area contributed by atoms with Gasteiger partial charge in [0, 0.05) is 25.4 Å². The predicted molar refractivity (Wildman–Crippen MR) is 228 cm³/mol. The van der Waals surface area contributed by atoms with Crippen molar-refractivity contribution in [1.82, 2.24) is 0 Å². The molecule has 1 heterocycles. The number of quaternary nitrogens is 1. The molecule has 0 bridgehead atoms. The number of phosphoric ester groups is 1. The molecule has 1 aliphatic heterocycles. The number of nitrogens with zero attached hydrogens (tertiary/aromatic N) is 1. The highest BCUT2D eigenvalue weighted by molar-refractivity contribution is 7.47. The van der Waals surface area contributed by atoms with Crippen molar-refractivity contribution >= 4 is 13.8 Å². The van der Waals surface area contributed by atoms with Crippen molar-refractivity contribution in [3.63, 3.8) is 0 Å². The van der Waals surface area contributed by atoms with Crippen LogP contribution in [-0.4, -0.2) is 115 Å². The number of carbonyl (C=O) groups is 1. The fraction of sp³-hybridized carbons (Fsp3) is 0.886. The van der Waals surface area contributed by atoms with Crippen LogP contribution in [0, 0.1) is 5.92 Å². The van der Waals surface area contributed by atoms with Gasteiger partial charge in [-0.05, 0) is 32.1 Å². The van der Waals surface area contributed by atoms with Gasteiger partial charge >= 0.3 is 13.8 Å². The summed E-state index contributed by atoms with van der Waals surface area (Å²) >= 11 is 0. The van der Waals surface area contributed by atoms with Gasteiger partial charge in [-0.1, -0.05) is 141 Å². The predicted octanol–water partition coefficient (Wildman–Crippen LogP) is 8.93. The van der Waals surface area contributed by atoms with Crippen LogP contribution in [-0.2, 0) is 32.6 Å². The van der Waals surface area contributed by atoms with Crippen molar-refractivity contribution in [1.29, 1.82) is 0 Å². The molecular weight excluding hydrogens is 749 g/mol. The minimum absolute atomic E-state index is 0.0408. The third-order valence-electron chi connectivity index (χ3n) is 10.3. The Labute approximate surface area is 346 Å². The van der Waals surface area contributed by atoms with Gasteiger partial charge in [0.2, 0.25) is 0 Å². The first kappa shape index (κ1) is 53.8. The summed E-state index contributed by atoms with van der Waals surface area (Å²) in [5, 5.41) is 31.0. The van der Waals surface area contributed by atoms with Crippen molar-refractivity contribution in [3.05, 3.63) is 24.3 Å². The second-order valence-corrected chi connectivity index (χ2v) is 18.4. The second-order valence-electron chi connectivity index (χ2n) is 17.0. The molecule has 0 amide bonds. The van der Waals surface area contributed by atoms with Gasteiger partial charge in [-0.2, -0.15) is 0 Å². The van der Waals surface area contributed by atoms with Gasteiger partial charge in [0.1, 0.15) is 19.3 Å². The second kappa shape index (κ2) is 33.5. The molecule has 12 nitrogen and oxygen atoms in total. The lowest BCUT2D eigenvalue weighted by Crippen LogP contribution is -2.43. The standard InChI is InChI=1S/C44H84NO11P/c1-6-8-10-11-12-13-14-15-16-17-18-19-22-26-33-52-36-39(37-54-57(50,51)53-34-32-45(3,4)5)55-43(48)29-25-21-20-24-28-40-41(47)35-44(49)56-42(40)31-30-38(46)27-23-9-7-2/h20,24,30-31,38-42,44,46-47,49H,6-19,21-23,25-29,32-37H2,1-5H3/p+1/b24-20-,31-30+. The zero-order chi connectivity index (χ0) is 42.2. The van der Waals surface area contributed by atoms with Crippen LogP contribution in [0.3, 0.4) is 0 Å². The Kier molecular flexibility index (Phi) is 31.7. The quantitative estimate of drug-likeness (QED) is 0.0156. The maximum atomic E-state index is 12.8. The van der Waals surface area contributed by atoms with Gasteiger partial charge < -0.3 is 38.9 Å². The molecule has 7 unspecified atom stereocenters. The molecule has 0 aromatic heterocycles. The van der Waals surface area contributed by atoms with Crippen molar-refractivity contribution in [3.8, 4) is 0 Å². The summed E-state index contributed by atoms with van der Waals surface area (Å²) in [4.78, 5) is 23.0. The topological polar surface area (TPSA) is 161 Å². The number of carbonyl (C=O) groups excluding carboxylic acids is 1. The molecule has 13 heteroatoms. The molecule has 1 saturated heterocycles. The van der Waals surface area contributed by atoms with Crippen LogP contribution in [0.1, 0.15) is 162 Å². The van der Waals surface area contributed by atoms with Crippen LogP contribution in [0.2, 0.25) is 0 Å². The fourth-order valence-corrected chi connectivity index (χ4v) is 7.45. The summed E-state index contributed by atoms with van der Waals surface area (Å²) in [6.45, 7) is 5.15. The van der Waals surface area contributed by atoms with Gasteiger partial charge in [-0.15, -0.1) is 0 Å². The number of hydrogen-bond acceptors (Lipinski definition) is 10. The first-order valence-electron chi connectivity index (χ1n) is 22.5. The highest BCUT2D eigenvalue weighted by Gasteiger charge is 2.35. The van der Waals surface area contributed by atoms with Crippen LogP contribution in [0.5, 0.6) is 0 Å². The molecule has 0 saturated carbocycles. The monoisotopic (exact) mass is 835 g/mol. The minimum Gasteiger partial charge on any atom is -0.457 e. The van der Waals surface area contributed by atoms with Crippen LogP contribution >= 0.6 is 7.82 Å². The number of esters is 1. The van der Waals surface area contributed by atoms with E-state index in [1.54, 1.807) is 12.2 Å². The van der Waals surface area contributed by atoms with E-state index in [1.165, 1.54) is 70.6 Å². The van der Waals surface area contributed by atoms with Gasteiger partial charge in [0.15, 0.2) is 6.29 Å². The average molecular weight is 835 g/mol. The average Bonchev–Trinajstić information content (AvgIpc) is 3.14. The van der Waals surface area contributed by atoms with E-state index in [2.05, 4.69) is 13.8 Å². The highest BCUT2D eigenvalue weighted by atomic mass is 31.2. The summed E-state index contributed by atoms with van der Waals surface area (Å²) in [6.07, 6.45) is 26.8. The summed E-state index contributed by atoms with van der Waals surface area (Å²) in [6, 6.07) is 0. The first-order chi connectivity index (χ1) is 27.3. The molecular formula is C44H85NO11P+. The van der Waals surface area contributed by atoms with Crippen LogP contribution in [0.4, 0.5) is 0 Å². The fourth-order valence-electron chi connectivity index (χ4n) is 6.71. The van der Waals surface area contributed by atoms with Gasteiger partial charge in [0.25, 0.3) is 0 Å². The number of hydrogen-bond donors (Lipinski definition) is 4. The summed E-state index contributed by atoms with van der Waals surface area (Å²) < 4.78 is 40.6. The Bertz CT molecular complexity index is 1080. The molecule has 57 heavy (non-hydrogen) atoms. The zero-order valence-corrected chi connectivity index (χ0v) is 37.5. The van der Waals surface area contributed by atoms with E-state index in [-0.39, 0.29) is 38.6 Å². The van der Waals surface area contributed by atoms with Gasteiger partial charge in [0.05, 0.1) is 52.7 Å². The third-order valence-corrected chi connectivity index (χ3v) is 11.3. The Hall–Kier alpha value is -1.18. The molecule has 0 spiro atoms. The molecule has 1 fully saturated rings. The first-order valence-corrected chi connectivity index (χ1v) is 24.0. The number of rotatable bonds is 37. The molecule has 0 aliphatic carbocycles. The molecule has 1 aliphatic rings. The number of aliphatic hydroxyl groups is 3. The number of likely N-dealkylation sites (N-methyl/N-ethyl adjacent to an activating group) is 1. The smallest absolute Gasteiger partial charge is 0.457 e. The van der Waals surface area contributed by atoms with E-state index >= 15 is 0 Å². The maximum absolute atomic E-state index is 12.8. The van der Waals surface area contributed by atoms with Gasteiger partial charge in [-0.25, -0.2) is 4.57 Å². The number of aliphatic hydroxyl groups excluding tert-OH is 3. The molecule has 7 atom stereocenters. The molecule has 336 valence electrons. The maximum Gasteiger partial charge on any atom is 0.472 e. The summed E-state index contributed by atoms with van der Waals surface area (Å²) in [5.74, 6) is -0.735. The zero-order valence-electron chi connectivity index (χ0n) is 36.6. The normalized spacial score (nSPS) is 21.3. The Morgan fingerprint density at radius 2 is 1.40 bits per heavy atom. The van der Waals surface area contributed by atoms with Gasteiger partial charge in [-0.3, -0.25) is 13.8 Å². The minimum atomic E-state index is -4.35. The number of allylic oxidation sites excluding steroid dienone is 2. The Morgan fingerprint density at radius 3 is 2.02 bits per heavy atom. The highest BCUT2D eigenvalue weighted by Crippen LogP contribution is 2.43. The van der Waals surface area contributed by atoms with Crippen LogP contribution < -0.4 is 0 Å². The van der Waals surface area contributed by atoms with Crippen LogP contribution in [0.25, 0.3) is 0 Å². The van der Waals surface area contributed by atoms with E-state index in [1.807, 2.05) is 33.3 Å². The lowest BCUT2D eigenvalue weighted by molar-refractivity contribution is -0.870. The van der Waals surface area contributed by atoms with Crippen molar-refractivity contribution in [2.45, 2.75) is 192 Å². The number of phosphoric acid groups is 1. The van der Waals surface area contributed by atoms with E-state index in [0.29, 0.717) is 43.3 Å². The van der Waals surface area contributed by atoms with E-state index < -0.39 is 44.5 Å². The SMILES string of the molecule is CCCCCCCCCCCCCCCCOCC(COP(=O)(O)OCC[N+](C)(C)C)OC(=O)CCC/C=C\CC1C(O)CC(O)OC1/C=C/C(O)CCCCC. The lowest BCUT2D eigenvalue weighted by Gasteiger charge is -2.36. The van der Waals surface area contributed by atoms with Crippen LogP contribution in [0.15, 0.2) is 24.3 Å². The molecule has 0 radical (unpaired) electrons. The number of unbranched alkanes of at least 4 members (excludes halogenated alkanes) is 16. The number of ether oxygens (including phenoxy) is 3. The van der Waals surface area contributed by atoms with Crippen molar-refractivity contribution < 1.29 is 57.3 Å². The van der Waals surface area contributed by atoms with E-state index in [9.17, 15) is 29.6 Å². The summed E-state index contributed by atoms with van der Waals surface area (Å²) in [7, 11) is 1.50. The largest absolute Gasteiger partial charge is 0.472 e. The van der Waals surface area contributed by atoms with Crippen molar-refractivity contribution in [2.24, 2.45) is 5.92 Å². The third kappa shape index (κ3) is 31.4. The molecule has 4 N–H and O–H groups in total.